The Hall–Kier alpha value is -3.22. The smallest absolute Gasteiger partial charge is 0.232 e. The zero-order chi connectivity index (χ0) is 19.0. The van der Waals surface area contributed by atoms with E-state index in [4.69, 9.17) is 9.26 Å². The monoisotopic (exact) mass is 367 g/mol. The summed E-state index contributed by atoms with van der Waals surface area (Å²) in [7, 11) is 1.59. The first kappa shape index (κ1) is 17.2. The van der Waals surface area contributed by atoms with Crippen LogP contribution in [0.25, 0.3) is 11.4 Å². The van der Waals surface area contributed by atoms with Crippen LogP contribution in [0, 0.1) is 12.7 Å². The fourth-order valence-electron chi connectivity index (χ4n) is 3.31. The van der Waals surface area contributed by atoms with Gasteiger partial charge in [-0.3, -0.25) is 4.79 Å². The van der Waals surface area contributed by atoms with E-state index in [-0.39, 0.29) is 24.1 Å². The van der Waals surface area contributed by atoms with E-state index in [1.54, 1.807) is 25.0 Å². The molecule has 2 aromatic carbocycles. The number of methoxy groups -OCH3 is 1. The highest BCUT2D eigenvalue weighted by Gasteiger charge is 2.35. The largest absolute Gasteiger partial charge is 0.497 e. The van der Waals surface area contributed by atoms with Crippen molar-refractivity contribution in [1.82, 2.24) is 10.1 Å². The standard InChI is InChI=1S/C20H18FN3O3/c1-12-8-15(21)6-7-17(12)24-11-14(10-18(24)25)20-22-19(23-27-20)13-4-3-5-16(9-13)26-2/h3-9,14H,10-11H2,1-2H3. The second-order valence-electron chi connectivity index (χ2n) is 6.52. The summed E-state index contributed by atoms with van der Waals surface area (Å²) in [6.45, 7) is 2.21. The number of aryl methyl sites for hydroxylation is 1. The quantitative estimate of drug-likeness (QED) is 0.703. The molecule has 0 spiro atoms. The van der Waals surface area contributed by atoms with Gasteiger partial charge in [0.15, 0.2) is 0 Å². The summed E-state index contributed by atoms with van der Waals surface area (Å²) in [4.78, 5) is 18.6. The molecule has 3 aromatic rings. The fourth-order valence-corrected chi connectivity index (χ4v) is 3.31. The van der Waals surface area contributed by atoms with Gasteiger partial charge < -0.3 is 14.2 Å². The van der Waals surface area contributed by atoms with Crippen LogP contribution in [0.15, 0.2) is 47.0 Å². The molecule has 1 amide bonds. The van der Waals surface area contributed by atoms with Crippen molar-refractivity contribution in [3.8, 4) is 17.1 Å². The number of carbonyl (C=O) groups excluding carboxylic acids is 1. The normalized spacial score (nSPS) is 16.8. The van der Waals surface area contributed by atoms with Crippen LogP contribution in [0.5, 0.6) is 5.75 Å². The molecule has 1 fully saturated rings. The molecule has 0 N–H and O–H groups in total. The maximum atomic E-state index is 13.3. The summed E-state index contributed by atoms with van der Waals surface area (Å²) >= 11 is 0. The van der Waals surface area contributed by atoms with Crippen molar-refractivity contribution in [3.05, 3.63) is 59.7 Å². The van der Waals surface area contributed by atoms with Crippen molar-refractivity contribution in [2.45, 2.75) is 19.3 Å². The minimum Gasteiger partial charge on any atom is -0.497 e. The third-order valence-corrected chi connectivity index (χ3v) is 4.69. The number of anilines is 1. The van der Waals surface area contributed by atoms with Gasteiger partial charge in [-0.15, -0.1) is 0 Å². The lowest BCUT2D eigenvalue weighted by Gasteiger charge is -2.18. The van der Waals surface area contributed by atoms with Gasteiger partial charge in [0.1, 0.15) is 11.6 Å². The molecule has 1 aliphatic heterocycles. The molecular formula is C20H18FN3O3. The van der Waals surface area contributed by atoms with Gasteiger partial charge in [0.2, 0.25) is 17.6 Å². The molecule has 1 atom stereocenters. The lowest BCUT2D eigenvalue weighted by Crippen LogP contribution is -2.25. The van der Waals surface area contributed by atoms with E-state index in [0.717, 1.165) is 5.56 Å². The van der Waals surface area contributed by atoms with Crippen LogP contribution in [0.2, 0.25) is 0 Å². The lowest BCUT2D eigenvalue weighted by atomic mass is 10.1. The van der Waals surface area contributed by atoms with Crippen LogP contribution in [-0.2, 0) is 4.79 Å². The van der Waals surface area contributed by atoms with Crippen LogP contribution >= 0.6 is 0 Å². The van der Waals surface area contributed by atoms with Gasteiger partial charge in [-0.1, -0.05) is 17.3 Å². The van der Waals surface area contributed by atoms with Crippen molar-refractivity contribution in [2.24, 2.45) is 0 Å². The van der Waals surface area contributed by atoms with Crippen molar-refractivity contribution < 1.29 is 18.4 Å². The molecule has 0 aliphatic carbocycles. The van der Waals surface area contributed by atoms with E-state index in [9.17, 15) is 9.18 Å². The Morgan fingerprint density at radius 2 is 2.11 bits per heavy atom. The maximum Gasteiger partial charge on any atom is 0.232 e. The molecule has 7 heteroatoms. The van der Waals surface area contributed by atoms with E-state index in [1.165, 1.54) is 12.1 Å². The van der Waals surface area contributed by atoms with Gasteiger partial charge in [-0.2, -0.15) is 4.98 Å². The van der Waals surface area contributed by atoms with Gasteiger partial charge in [0, 0.05) is 24.2 Å². The van der Waals surface area contributed by atoms with Gasteiger partial charge >= 0.3 is 0 Å². The van der Waals surface area contributed by atoms with E-state index in [0.29, 0.717) is 35.3 Å². The molecule has 138 valence electrons. The molecule has 6 nitrogen and oxygen atoms in total. The Bertz CT molecular complexity index is 1000. The highest BCUT2D eigenvalue weighted by Crippen LogP contribution is 2.33. The highest BCUT2D eigenvalue weighted by atomic mass is 19.1. The summed E-state index contributed by atoms with van der Waals surface area (Å²) in [6.07, 6.45) is 0.274. The number of benzene rings is 2. The molecule has 0 saturated carbocycles. The molecular weight excluding hydrogens is 349 g/mol. The number of rotatable bonds is 4. The summed E-state index contributed by atoms with van der Waals surface area (Å²) in [5.74, 6) is 1.01. The Morgan fingerprint density at radius 3 is 2.89 bits per heavy atom. The third-order valence-electron chi connectivity index (χ3n) is 4.69. The van der Waals surface area contributed by atoms with Crippen molar-refractivity contribution >= 4 is 11.6 Å². The number of nitrogens with zero attached hydrogens (tertiary/aromatic N) is 3. The first-order valence-corrected chi connectivity index (χ1v) is 8.59. The zero-order valence-electron chi connectivity index (χ0n) is 15.0. The van der Waals surface area contributed by atoms with E-state index in [1.807, 2.05) is 24.3 Å². The highest BCUT2D eigenvalue weighted by molar-refractivity contribution is 5.97. The van der Waals surface area contributed by atoms with Crippen molar-refractivity contribution in [3.63, 3.8) is 0 Å². The van der Waals surface area contributed by atoms with Crippen molar-refractivity contribution in [1.29, 1.82) is 0 Å². The summed E-state index contributed by atoms with van der Waals surface area (Å²) in [5.41, 5.74) is 2.20. The molecule has 1 aliphatic rings. The molecule has 4 rings (SSSR count). The number of hydrogen-bond donors (Lipinski definition) is 0. The first-order chi connectivity index (χ1) is 13.0. The SMILES string of the molecule is COc1cccc(-c2noc(C3CC(=O)N(c4ccc(F)cc4C)C3)n2)c1. The average Bonchev–Trinajstić information content (AvgIpc) is 3.29. The predicted molar refractivity (Wildman–Crippen MR) is 97.1 cm³/mol. The molecule has 2 heterocycles. The van der Waals surface area contributed by atoms with E-state index < -0.39 is 0 Å². The third kappa shape index (κ3) is 3.28. The summed E-state index contributed by atoms with van der Waals surface area (Å²) in [6, 6.07) is 11.8. The number of amides is 1. The molecule has 1 aromatic heterocycles. The Balaban J connectivity index is 1.57. The Kier molecular flexibility index (Phi) is 4.35. The average molecular weight is 367 g/mol. The number of carbonyl (C=O) groups is 1. The number of hydrogen-bond acceptors (Lipinski definition) is 5. The van der Waals surface area contributed by atoms with Gasteiger partial charge in [-0.05, 0) is 42.8 Å². The second-order valence-corrected chi connectivity index (χ2v) is 6.52. The first-order valence-electron chi connectivity index (χ1n) is 8.59. The molecule has 0 bridgehead atoms. The Morgan fingerprint density at radius 1 is 1.26 bits per heavy atom. The van der Waals surface area contributed by atoms with Crippen LogP contribution < -0.4 is 9.64 Å². The van der Waals surface area contributed by atoms with E-state index in [2.05, 4.69) is 10.1 Å². The number of ether oxygens (including phenoxy) is 1. The van der Waals surface area contributed by atoms with E-state index >= 15 is 0 Å². The minimum absolute atomic E-state index is 0.0455. The number of aromatic nitrogens is 2. The summed E-state index contributed by atoms with van der Waals surface area (Å²) < 4.78 is 24.0. The molecule has 27 heavy (non-hydrogen) atoms. The minimum atomic E-state index is -0.320. The van der Waals surface area contributed by atoms with Crippen LogP contribution in [0.3, 0.4) is 0 Å². The molecule has 1 unspecified atom stereocenters. The van der Waals surface area contributed by atoms with Gasteiger partial charge in [0.05, 0.1) is 13.0 Å². The van der Waals surface area contributed by atoms with Crippen LogP contribution in [0.4, 0.5) is 10.1 Å². The Labute approximate surface area is 155 Å². The van der Waals surface area contributed by atoms with Crippen molar-refractivity contribution in [2.75, 3.05) is 18.6 Å². The lowest BCUT2D eigenvalue weighted by molar-refractivity contribution is -0.117. The molecule has 0 radical (unpaired) electrons. The summed E-state index contributed by atoms with van der Waals surface area (Å²) in [5, 5.41) is 4.04. The van der Waals surface area contributed by atoms with Crippen LogP contribution in [-0.4, -0.2) is 29.7 Å². The maximum absolute atomic E-state index is 13.3. The topological polar surface area (TPSA) is 68.5 Å². The zero-order valence-corrected chi connectivity index (χ0v) is 15.0. The second kappa shape index (κ2) is 6.83. The predicted octanol–water partition coefficient (Wildman–Crippen LogP) is 3.71. The number of halogens is 1. The van der Waals surface area contributed by atoms with Gasteiger partial charge in [0.25, 0.3) is 0 Å². The molecule has 1 saturated heterocycles. The van der Waals surface area contributed by atoms with Crippen LogP contribution in [0.1, 0.15) is 23.8 Å². The fraction of sp³-hybridized carbons (Fsp3) is 0.250. The van der Waals surface area contributed by atoms with Gasteiger partial charge in [-0.25, -0.2) is 4.39 Å².